The van der Waals surface area contributed by atoms with Gasteiger partial charge in [0.15, 0.2) is 11.9 Å². The lowest BCUT2D eigenvalue weighted by Gasteiger charge is -2.29. The average molecular weight is 936 g/mol. The summed E-state index contributed by atoms with van der Waals surface area (Å²) in [4.78, 5) is 61.4. The molecular weight excluding hydrogens is 875 g/mol. The van der Waals surface area contributed by atoms with Crippen LogP contribution in [0.5, 0.6) is 17.5 Å². The molecule has 0 aliphatic carbocycles. The molecule has 1 aliphatic rings. The Hall–Kier alpha value is -6.68. The Morgan fingerprint density at radius 3 is 1.94 bits per heavy atom. The molecule has 2 heterocycles. The molecule has 67 heavy (non-hydrogen) atoms. The van der Waals surface area contributed by atoms with Crippen molar-refractivity contribution in [1.29, 1.82) is 0 Å². The zero-order chi connectivity index (χ0) is 47.8. The summed E-state index contributed by atoms with van der Waals surface area (Å²) in [5.41, 5.74) is -0.138. The lowest BCUT2D eigenvalue weighted by molar-refractivity contribution is -0.117. The molecule has 0 saturated heterocycles. The van der Waals surface area contributed by atoms with Gasteiger partial charge in [-0.2, -0.15) is 4.99 Å². The number of nitrogens with zero attached hydrogens (tertiary/aromatic N) is 4. The number of amides is 2. The molecule has 2 N–H and O–H groups in total. The van der Waals surface area contributed by atoms with Crippen LogP contribution in [0.2, 0.25) is 0 Å². The zero-order valence-electron chi connectivity index (χ0n) is 38.5. The average Bonchev–Trinajstić information content (AvgIpc) is 3.51. The summed E-state index contributed by atoms with van der Waals surface area (Å²) in [6.07, 6.45) is 13.9. The molecule has 0 bridgehead atoms. The summed E-state index contributed by atoms with van der Waals surface area (Å²) >= 11 is 0. The van der Waals surface area contributed by atoms with Crippen LogP contribution in [-0.2, 0) is 32.6 Å². The van der Waals surface area contributed by atoms with Gasteiger partial charge in [-0.3, -0.25) is 14.2 Å². The van der Waals surface area contributed by atoms with E-state index in [1.807, 2.05) is 0 Å². The quantitative estimate of drug-likeness (QED) is 0.0422. The Morgan fingerprint density at radius 1 is 0.746 bits per heavy atom. The van der Waals surface area contributed by atoms with Crippen LogP contribution in [0.15, 0.2) is 118 Å². The van der Waals surface area contributed by atoms with Gasteiger partial charge in [0.25, 0.3) is 33.6 Å². The Kier molecular flexibility index (Phi) is 18.0. The Labute approximate surface area is 392 Å². The van der Waals surface area contributed by atoms with Crippen LogP contribution >= 0.6 is 0 Å². The maximum atomic E-state index is 15.2. The standard InChI is InChI=1S/C51H61N5O10S/c1-4-6-7-8-9-10-11-12-13-14-15-24-33-66-50(60)39-31-32-42(64-3)41(34-39)52-47(58)44(56-48(59)49(65-5-2)54(51(56)61)35-37-25-18-16-19-26-37)45-53-46(57)40-29-22-23-30-43(40)67(62,63)55(45)36-38-27-20-17-21-28-38/h16-23,25-32,34,44,59H,4-15,24,33,35-36H2,1-3H3,(H,52,58). The van der Waals surface area contributed by atoms with Crippen molar-refractivity contribution in [3.05, 3.63) is 136 Å². The minimum Gasteiger partial charge on any atom is -0.495 e. The number of aromatic hydroxyl groups is 1. The van der Waals surface area contributed by atoms with Crippen LogP contribution in [0, 0.1) is 0 Å². The number of carbonyl (C=O) groups is 3. The van der Waals surface area contributed by atoms with E-state index in [9.17, 15) is 27.9 Å². The van der Waals surface area contributed by atoms with Gasteiger partial charge < -0.3 is 24.6 Å². The second kappa shape index (κ2) is 24.2. The smallest absolute Gasteiger partial charge is 0.338 e. The first-order chi connectivity index (χ1) is 32.5. The Morgan fingerprint density at radius 2 is 1.33 bits per heavy atom. The van der Waals surface area contributed by atoms with E-state index in [1.165, 1.54) is 101 Å². The molecule has 0 spiro atoms. The molecule has 1 aliphatic heterocycles. The fourth-order valence-electron chi connectivity index (χ4n) is 8.07. The number of nitrogens with one attached hydrogen (secondary N) is 1. The highest BCUT2D eigenvalue weighted by atomic mass is 32.2. The van der Waals surface area contributed by atoms with Crippen LogP contribution in [-0.4, -0.2) is 70.9 Å². The molecule has 2 amide bonds. The van der Waals surface area contributed by atoms with Gasteiger partial charge in [-0.05, 0) is 54.8 Å². The first kappa shape index (κ1) is 49.7. The van der Waals surface area contributed by atoms with Crippen molar-refractivity contribution >= 4 is 39.3 Å². The highest BCUT2D eigenvalue weighted by molar-refractivity contribution is 7.89. The maximum absolute atomic E-state index is 15.2. The van der Waals surface area contributed by atoms with Crippen molar-refractivity contribution in [2.75, 3.05) is 25.6 Å². The van der Waals surface area contributed by atoms with Crippen molar-refractivity contribution in [1.82, 2.24) is 13.4 Å². The minimum atomic E-state index is -4.72. The van der Waals surface area contributed by atoms with Gasteiger partial charge in [-0.25, -0.2) is 26.9 Å². The third-order valence-electron chi connectivity index (χ3n) is 11.6. The van der Waals surface area contributed by atoms with E-state index < -0.39 is 57.8 Å². The van der Waals surface area contributed by atoms with Crippen molar-refractivity contribution in [2.45, 2.75) is 115 Å². The number of sulfonamides is 1. The molecule has 6 rings (SSSR count). The van der Waals surface area contributed by atoms with Crippen LogP contribution in [0.3, 0.4) is 0 Å². The first-order valence-electron chi connectivity index (χ1n) is 23.1. The SMILES string of the molecule is CCCCCCCCCCCCCCOC(=O)c1ccc(OC)c(NC(=O)C(C2=NC(=O)c3ccccc3S(=O)(=O)N2Cc2ccccc2)n2c(O)c(OCC)n(Cc3ccccc3)c2=O)c1. The predicted octanol–water partition coefficient (Wildman–Crippen LogP) is 9.29. The van der Waals surface area contributed by atoms with E-state index in [1.54, 1.807) is 67.6 Å². The number of carbonyl (C=O) groups excluding carboxylic acids is 3. The van der Waals surface area contributed by atoms with Gasteiger partial charge in [-0.1, -0.05) is 150 Å². The van der Waals surface area contributed by atoms with Gasteiger partial charge in [0.05, 0.1) is 50.2 Å². The molecule has 5 aromatic rings. The van der Waals surface area contributed by atoms with Crippen LogP contribution in [0.4, 0.5) is 5.69 Å². The molecule has 1 unspecified atom stereocenters. The third kappa shape index (κ3) is 12.4. The number of unbranched alkanes of at least 4 members (excludes halogenated alkanes) is 11. The second-order valence-corrected chi connectivity index (χ2v) is 18.2. The number of rotatable bonds is 25. The van der Waals surface area contributed by atoms with E-state index in [0.29, 0.717) is 22.1 Å². The summed E-state index contributed by atoms with van der Waals surface area (Å²) in [5.74, 6) is -4.54. The van der Waals surface area contributed by atoms with Crippen molar-refractivity contribution in [2.24, 2.45) is 4.99 Å². The third-order valence-corrected chi connectivity index (χ3v) is 13.4. The minimum absolute atomic E-state index is 0.00861. The van der Waals surface area contributed by atoms with Crippen molar-refractivity contribution in [3.63, 3.8) is 0 Å². The molecule has 0 radical (unpaired) electrons. The number of hydrogen-bond donors (Lipinski definition) is 2. The zero-order valence-corrected chi connectivity index (χ0v) is 39.3. The van der Waals surface area contributed by atoms with Crippen LogP contribution < -0.4 is 20.5 Å². The molecule has 0 fully saturated rings. The number of anilines is 1. The summed E-state index contributed by atoms with van der Waals surface area (Å²) in [5, 5.41) is 14.7. The van der Waals surface area contributed by atoms with Gasteiger partial charge >= 0.3 is 11.7 Å². The summed E-state index contributed by atoms with van der Waals surface area (Å²) < 4.78 is 49.3. The largest absolute Gasteiger partial charge is 0.495 e. The number of imidazole rings is 1. The lowest BCUT2D eigenvalue weighted by Crippen LogP contribution is -2.47. The summed E-state index contributed by atoms with van der Waals surface area (Å²) in [6, 6.07) is 24.9. The summed E-state index contributed by atoms with van der Waals surface area (Å²) in [7, 11) is -3.37. The Balaban J connectivity index is 1.34. The highest BCUT2D eigenvalue weighted by Crippen LogP contribution is 2.36. The van der Waals surface area contributed by atoms with Gasteiger partial charge in [-0.15, -0.1) is 0 Å². The van der Waals surface area contributed by atoms with Gasteiger partial charge in [0, 0.05) is 0 Å². The molecule has 0 saturated carbocycles. The monoisotopic (exact) mass is 935 g/mol. The highest BCUT2D eigenvalue weighted by Gasteiger charge is 2.44. The predicted molar refractivity (Wildman–Crippen MR) is 256 cm³/mol. The number of esters is 1. The number of benzene rings is 4. The molecule has 4 aromatic carbocycles. The van der Waals surface area contributed by atoms with E-state index in [0.717, 1.165) is 28.1 Å². The van der Waals surface area contributed by atoms with Crippen molar-refractivity contribution in [3.8, 4) is 17.5 Å². The summed E-state index contributed by atoms with van der Waals surface area (Å²) in [6.45, 7) is 3.49. The van der Waals surface area contributed by atoms with E-state index in [4.69, 9.17) is 14.2 Å². The lowest BCUT2D eigenvalue weighted by atomic mass is 10.1. The Bertz CT molecular complexity index is 2660. The fraction of sp³-hybridized carbons (Fsp3) is 0.392. The number of methoxy groups -OCH3 is 1. The van der Waals surface area contributed by atoms with E-state index >= 15 is 4.79 Å². The van der Waals surface area contributed by atoms with E-state index in [2.05, 4.69) is 17.2 Å². The second-order valence-electron chi connectivity index (χ2n) is 16.4. The number of ether oxygens (including phenoxy) is 3. The van der Waals surface area contributed by atoms with Crippen LogP contribution in [0.1, 0.15) is 129 Å². The topological polar surface area (TPSA) is 188 Å². The van der Waals surface area contributed by atoms with Crippen molar-refractivity contribution < 1.29 is 42.1 Å². The number of aliphatic imine (C=N–C) groups is 1. The first-order valence-corrected chi connectivity index (χ1v) is 24.6. The van der Waals surface area contributed by atoms with Gasteiger partial charge in [0.1, 0.15) is 10.6 Å². The number of aromatic nitrogens is 2. The number of hydrogen-bond acceptors (Lipinski definition) is 10. The normalized spacial score (nSPS) is 13.6. The van der Waals surface area contributed by atoms with E-state index in [-0.39, 0.29) is 53.1 Å². The maximum Gasteiger partial charge on any atom is 0.338 e. The van der Waals surface area contributed by atoms with Crippen LogP contribution in [0.25, 0.3) is 0 Å². The molecule has 1 atom stereocenters. The molecule has 15 nitrogen and oxygen atoms in total. The molecule has 16 heteroatoms. The molecular formula is C51H61N5O10S. The number of amidine groups is 1. The van der Waals surface area contributed by atoms with Gasteiger partial charge in [0.2, 0.25) is 0 Å². The number of fused-ring (bicyclic) bond motifs is 1. The molecule has 1 aromatic heterocycles. The fourth-order valence-corrected chi connectivity index (χ4v) is 9.69. The molecule has 356 valence electrons.